The van der Waals surface area contributed by atoms with Crippen LogP contribution < -0.4 is 15.2 Å². The topological polar surface area (TPSA) is 64.8 Å². The summed E-state index contributed by atoms with van der Waals surface area (Å²) in [5.74, 6) is 2.61. The summed E-state index contributed by atoms with van der Waals surface area (Å²) >= 11 is 1.69. The van der Waals surface area contributed by atoms with E-state index < -0.39 is 0 Å². The van der Waals surface area contributed by atoms with Gasteiger partial charge in [-0.25, -0.2) is 0 Å². The number of piperidine rings is 1. The molecule has 5 nitrogen and oxygen atoms in total. The Morgan fingerprint density at radius 3 is 2.81 bits per heavy atom. The minimum absolute atomic E-state index is 0. The first-order valence-electron chi connectivity index (χ1n) is 9.22. The van der Waals surface area contributed by atoms with Crippen LogP contribution in [0.2, 0.25) is 0 Å². The lowest BCUT2D eigenvalue weighted by Gasteiger charge is -2.38. The fraction of sp³-hybridized carbons (Fsp3) is 0.632. The molecule has 0 spiro atoms. The molecule has 7 heteroatoms. The highest BCUT2D eigenvalue weighted by Gasteiger charge is 2.28. The van der Waals surface area contributed by atoms with Crippen LogP contribution in [0, 0.1) is 0 Å². The number of carbonyl (C=O) groups excluding carboxylic acids is 1. The van der Waals surface area contributed by atoms with Crippen LogP contribution in [-0.2, 0) is 4.79 Å². The fourth-order valence-electron chi connectivity index (χ4n) is 3.45. The lowest BCUT2D eigenvalue weighted by molar-refractivity contribution is -0.134. The highest BCUT2D eigenvalue weighted by molar-refractivity contribution is 7.99. The molecule has 0 radical (unpaired) electrons. The Hall–Kier alpha value is -1.11. The van der Waals surface area contributed by atoms with Crippen LogP contribution in [0.5, 0.6) is 11.5 Å². The first kappa shape index (κ1) is 21.2. The second-order valence-corrected chi connectivity index (χ2v) is 7.94. The molecule has 146 valence electrons. The smallest absolute Gasteiger partial charge is 0.223 e. The van der Waals surface area contributed by atoms with Gasteiger partial charge in [0.25, 0.3) is 0 Å². The number of thioether (sulfide) groups is 1. The Bertz CT molecular complexity index is 600. The molecule has 1 fully saturated rings. The van der Waals surface area contributed by atoms with Gasteiger partial charge in [-0.2, -0.15) is 0 Å². The van der Waals surface area contributed by atoms with E-state index >= 15 is 0 Å². The summed E-state index contributed by atoms with van der Waals surface area (Å²) in [6, 6.07) is 6.25. The van der Waals surface area contributed by atoms with E-state index in [1.807, 2.05) is 30.0 Å². The molecule has 0 aromatic heterocycles. The van der Waals surface area contributed by atoms with Gasteiger partial charge in [-0.1, -0.05) is 0 Å². The summed E-state index contributed by atoms with van der Waals surface area (Å²) in [6.45, 7) is 4.24. The van der Waals surface area contributed by atoms with Crippen LogP contribution in [-0.4, -0.2) is 48.4 Å². The van der Waals surface area contributed by atoms with Gasteiger partial charge >= 0.3 is 0 Å². The van der Waals surface area contributed by atoms with Crippen molar-refractivity contribution in [3.8, 4) is 11.5 Å². The Labute approximate surface area is 166 Å². The first-order chi connectivity index (χ1) is 12.1. The zero-order chi connectivity index (χ0) is 17.6. The van der Waals surface area contributed by atoms with Gasteiger partial charge in [-0.15, -0.1) is 24.2 Å². The van der Waals surface area contributed by atoms with Crippen LogP contribution in [0.25, 0.3) is 0 Å². The number of fused-ring (bicyclic) bond motifs is 1. The van der Waals surface area contributed by atoms with Crippen LogP contribution in [0.3, 0.4) is 0 Å². The first-order valence-corrected chi connectivity index (χ1v) is 10.2. The zero-order valence-corrected chi connectivity index (χ0v) is 16.9. The number of rotatable bonds is 5. The van der Waals surface area contributed by atoms with Crippen LogP contribution in [0.4, 0.5) is 0 Å². The van der Waals surface area contributed by atoms with Crippen LogP contribution >= 0.6 is 24.2 Å². The number of hydrogen-bond acceptors (Lipinski definition) is 5. The van der Waals surface area contributed by atoms with Gasteiger partial charge in [0.15, 0.2) is 11.5 Å². The molecular weight excluding hydrogens is 372 g/mol. The van der Waals surface area contributed by atoms with Gasteiger partial charge in [0.1, 0.15) is 0 Å². The van der Waals surface area contributed by atoms with Gasteiger partial charge in [-0.05, 0) is 44.4 Å². The van der Waals surface area contributed by atoms with Crippen LogP contribution in [0.15, 0.2) is 23.1 Å². The largest absolute Gasteiger partial charge is 0.490 e. The van der Waals surface area contributed by atoms with Crippen molar-refractivity contribution < 1.29 is 14.3 Å². The normalized spacial score (nSPS) is 20.7. The third-order valence-corrected chi connectivity index (χ3v) is 5.78. The maximum absolute atomic E-state index is 12.6. The van der Waals surface area contributed by atoms with Gasteiger partial charge in [0.2, 0.25) is 5.91 Å². The average Bonchev–Trinajstić information content (AvgIpc) is 2.86. The van der Waals surface area contributed by atoms with Crippen LogP contribution in [0.1, 0.15) is 39.0 Å². The summed E-state index contributed by atoms with van der Waals surface area (Å²) in [5.41, 5.74) is 6.07. The lowest BCUT2D eigenvalue weighted by atomic mass is 9.96. The summed E-state index contributed by atoms with van der Waals surface area (Å²) in [5, 5.41) is 0. The molecule has 3 rings (SSSR count). The van der Waals surface area contributed by atoms with E-state index in [4.69, 9.17) is 15.2 Å². The van der Waals surface area contributed by atoms with Crippen molar-refractivity contribution in [2.75, 3.05) is 25.5 Å². The number of amides is 1. The molecule has 1 aromatic carbocycles. The predicted molar refractivity (Wildman–Crippen MR) is 108 cm³/mol. The van der Waals surface area contributed by atoms with Crippen molar-refractivity contribution in [2.24, 2.45) is 5.73 Å². The molecule has 2 aliphatic rings. The molecule has 2 aliphatic heterocycles. The maximum Gasteiger partial charge on any atom is 0.223 e. The average molecular weight is 401 g/mol. The Morgan fingerprint density at radius 2 is 2.04 bits per heavy atom. The van der Waals surface area contributed by atoms with Crippen molar-refractivity contribution in [1.29, 1.82) is 0 Å². The van der Waals surface area contributed by atoms with Gasteiger partial charge in [-0.3, -0.25) is 4.79 Å². The second-order valence-electron chi connectivity index (χ2n) is 6.77. The number of ether oxygens (including phenoxy) is 2. The molecule has 26 heavy (non-hydrogen) atoms. The van der Waals surface area contributed by atoms with Gasteiger partial charge < -0.3 is 20.1 Å². The Balaban J connectivity index is 0.00000243. The molecule has 2 unspecified atom stereocenters. The molecule has 2 heterocycles. The highest BCUT2D eigenvalue weighted by Crippen LogP contribution is 2.34. The van der Waals surface area contributed by atoms with E-state index in [9.17, 15) is 4.79 Å². The quantitative estimate of drug-likeness (QED) is 0.766. The van der Waals surface area contributed by atoms with Gasteiger partial charge in [0, 0.05) is 42.1 Å². The zero-order valence-electron chi connectivity index (χ0n) is 15.3. The molecular formula is C19H29ClN2O3S. The van der Waals surface area contributed by atoms with Crippen molar-refractivity contribution in [3.63, 3.8) is 0 Å². The summed E-state index contributed by atoms with van der Waals surface area (Å²) in [6.07, 6.45) is 4.73. The highest BCUT2D eigenvalue weighted by atomic mass is 35.5. The number of nitrogens with two attached hydrogens (primary N) is 1. The summed E-state index contributed by atoms with van der Waals surface area (Å²) in [4.78, 5) is 15.7. The number of nitrogens with zero attached hydrogens (tertiary/aromatic N) is 1. The molecule has 0 aliphatic carbocycles. The van der Waals surface area contributed by atoms with E-state index in [-0.39, 0.29) is 30.4 Å². The maximum atomic E-state index is 12.6. The third kappa shape index (κ3) is 5.44. The number of hydrogen-bond donors (Lipinski definition) is 1. The SMILES string of the molecule is CC(N)C1CCCCN1C(=O)CCSc1ccc2c(c1)OCCCO2.Cl. The minimum atomic E-state index is 0. The minimum Gasteiger partial charge on any atom is -0.490 e. The Morgan fingerprint density at radius 1 is 1.27 bits per heavy atom. The third-order valence-electron chi connectivity index (χ3n) is 4.78. The van der Waals surface area contributed by atoms with Crippen molar-refractivity contribution in [3.05, 3.63) is 18.2 Å². The van der Waals surface area contributed by atoms with E-state index in [2.05, 4.69) is 0 Å². The monoisotopic (exact) mass is 400 g/mol. The van der Waals surface area contributed by atoms with Crippen molar-refractivity contribution in [2.45, 2.75) is 56.0 Å². The predicted octanol–water partition coefficient (Wildman–Crippen LogP) is 3.48. The van der Waals surface area contributed by atoms with Gasteiger partial charge in [0.05, 0.1) is 13.2 Å². The molecule has 2 N–H and O–H groups in total. The van der Waals surface area contributed by atoms with E-state index in [0.717, 1.165) is 48.0 Å². The second kappa shape index (κ2) is 10.3. The standard InChI is InChI=1S/C19H28N2O3S.ClH/c1-14(20)16-5-2-3-9-21(16)19(22)8-12-25-15-6-7-17-18(13-15)24-11-4-10-23-17;/h6-7,13-14,16H,2-5,8-12,20H2,1H3;1H. The summed E-state index contributed by atoms with van der Waals surface area (Å²) < 4.78 is 11.4. The molecule has 1 saturated heterocycles. The fourth-order valence-corrected chi connectivity index (χ4v) is 4.31. The Kier molecular flexibility index (Phi) is 8.38. The summed E-state index contributed by atoms with van der Waals surface area (Å²) in [7, 11) is 0. The van der Waals surface area contributed by atoms with E-state index in [1.165, 1.54) is 6.42 Å². The molecule has 0 bridgehead atoms. The van der Waals surface area contributed by atoms with E-state index in [1.54, 1.807) is 11.8 Å². The number of halogens is 1. The number of likely N-dealkylation sites (tertiary alicyclic amines) is 1. The molecule has 0 saturated carbocycles. The number of benzene rings is 1. The number of carbonyl (C=O) groups is 1. The lowest BCUT2D eigenvalue weighted by Crippen LogP contribution is -2.51. The van der Waals surface area contributed by atoms with Crippen molar-refractivity contribution >= 4 is 30.1 Å². The van der Waals surface area contributed by atoms with E-state index in [0.29, 0.717) is 19.6 Å². The molecule has 2 atom stereocenters. The molecule has 1 aromatic rings. The van der Waals surface area contributed by atoms with Crippen molar-refractivity contribution in [1.82, 2.24) is 4.90 Å². The molecule has 1 amide bonds.